The van der Waals surface area contributed by atoms with Crippen molar-refractivity contribution in [2.45, 2.75) is 71.1 Å². The Kier molecular flexibility index (Phi) is 4.21. The molecule has 0 aromatic carbocycles. The van der Waals surface area contributed by atoms with E-state index in [2.05, 4.69) is 19.9 Å². The Balaban J connectivity index is 1.78. The van der Waals surface area contributed by atoms with Gasteiger partial charge in [-0.25, -0.2) is 4.79 Å². The Morgan fingerprint density at radius 3 is 2.87 bits per heavy atom. The Labute approximate surface area is 142 Å². The number of hydrogen-bond acceptors (Lipinski definition) is 4. The van der Waals surface area contributed by atoms with Crippen molar-refractivity contribution in [1.29, 1.82) is 0 Å². The van der Waals surface area contributed by atoms with Crippen LogP contribution in [0.25, 0.3) is 0 Å². The fraction of sp³-hybridized carbons (Fsp3) is 0.722. The minimum atomic E-state index is -0.453. The number of amides is 1. The molecule has 23 heavy (non-hydrogen) atoms. The lowest BCUT2D eigenvalue weighted by Gasteiger charge is -2.47. The van der Waals surface area contributed by atoms with Gasteiger partial charge >= 0.3 is 6.09 Å². The molecule has 1 aromatic heterocycles. The Morgan fingerprint density at radius 1 is 1.48 bits per heavy atom. The molecule has 1 saturated heterocycles. The molecule has 2 aliphatic heterocycles. The monoisotopic (exact) mass is 337 g/mol. The standard InChI is InChI=1S/C18H27NO3S/c1-12-11-18(7-8-19(12)16(20)22-17(3,4)5)14-10-13(2)23-15(14)6-9-21-18/h10,12H,6-9,11H2,1-5H3/t12-,18-/m0/s1. The molecule has 0 unspecified atom stereocenters. The van der Waals surface area contributed by atoms with Gasteiger partial charge in [-0.3, -0.25) is 0 Å². The first-order valence-corrected chi connectivity index (χ1v) is 9.25. The number of nitrogens with zero attached hydrogens (tertiary/aromatic N) is 1. The predicted octanol–water partition coefficient (Wildman–Crippen LogP) is 4.24. The van der Waals surface area contributed by atoms with Gasteiger partial charge in [0.05, 0.1) is 12.2 Å². The normalized spacial score (nSPS) is 27.9. The molecule has 4 nitrogen and oxygen atoms in total. The van der Waals surface area contributed by atoms with E-state index in [1.165, 1.54) is 15.3 Å². The van der Waals surface area contributed by atoms with E-state index in [-0.39, 0.29) is 17.7 Å². The summed E-state index contributed by atoms with van der Waals surface area (Å²) in [6.45, 7) is 11.5. The van der Waals surface area contributed by atoms with Gasteiger partial charge in [-0.1, -0.05) is 0 Å². The molecular formula is C18H27NO3S. The van der Waals surface area contributed by atoms with E-state index in [0.717, 1.165) is 25.9 Å². The molecule has 2 atom stereocenters. The van der Waals surface area contributed by atoms with Crippen molar-refractivity contribution in [1.82, 2.24) is 4.90 Å². The van der Waals surface area contributed by atoms with E-state index >= 15 is 0 Å². The molecule has 3 rings (SSSR count). The zero-order chi connectivity index (χ0) is 16.8. The molecule has 3 heterocycles. The van der Waals surface area contributed by atoms with E-state index in [1.54, 1.807) is 0 Å². The third kappa shape index (κ3) is 3.26. The predicted molar refractivity (Wildman–Crippen MR) is 92.0 cm³/mol. The van der Waals surface area contributed by atoms with Crippen LogP contribution in [0.2, 0.25) is 0 Å². The summed E-state index contributed by atoms with van der Waals surface area (Å²) in [7, 11) is 0. The molecule has 1 aromatic rings. The highest BCUT2D eigenvalue weighted by Gasteiger charge is 2.46. The Hall–Kier alpha value is -1.07. The van der Waals surface area contributed by atoms with Crippen molar-refractivity contribution in [3.8, 4) is 0 Å². The molecule has 2 aliphatic rings. The molecule has 1 fully saturated rings. The number of likely N-dealkylation sites (tertiary alicyclic amines) is 1. The van der Waals surface area contributed by atoms with E-state index in [4.69, 9.17) is 9.47 Å². The lowest BCUT2D eigenvalue weighted by Crippen LogP contribution is -2.53. The number of ether oxygens (including phenoxy) is 2. The number of carbonyl (C=O) groups excluding carboxylic acids is 1. The highest BCUT2D eigenvalue weighted by Crippen LogP contribution is 2.46. The van der Waals surface area contributed by atoms with Crippen LogP contribution in [0.15, 0.2) is 6.07 Å². The van der Waals surface area contributed by atoms with Crippen LogP contribution in [-0.2, 0) is 21.5 Å². The smallest absolute Gasteiger partial charge is 0.410 e. The van der Waals surface area contributed by atoms with Gasteiger partial charge in [0.2, 0.25) is 0 Å². The van der Waals surface area contributed by atoms with Crippen LogP contribution >= 0.6 is 11.3 Å². The third-order valence-corrected chi connectivity index (χ3v) is 5.78. The molecule has 0 bridgehead atoms. The fourth-order valence-corrected chi connectivity index (χ4v) is 4.83. The van der Waals surface area contributed by atoms with Crippen molar-refractivity contribution in [2.24, 2.45) is 0 Å². The average molecular weight is 337 g/mol. The van der Waals surface area contributed by atoms with Crippen LogP contribution in [-0.4, -0.2) is 35.8 Å². The molecular weight excluding hydrogens is 310 g/mol. The number of piperidine rings is 1. The van der Waals surface area contributed by atoms with Gasteiger partial charge in [-0.05, 0) is 52.7 Å². The van der Waals surface area contributed by atoms with Crippen molar-refractivity contribution >= 4 is 17.4 Å². The first-order chi connectivity index (χ1) is 10.7. The van der Waals surface area contributed by atoms with E-state index in [1.807, 2.05) is 37.0 Å². The second-order valence-corrected chi connectivity index (χ2v) is 9.10. The second-order valence-electron chi connectivity index (χ2n) is 7.76. The van der Waals surface area contributed by atoms with Crippen LogP contribution < -0.4 is 0 Å². The summed E-state index contributed by atoms with van der Waals surface area (Å²) in [6, 6.07) is 2.40. The minimum absolute atomic E-state index is 0.116. The number of carbonyl (C=O) groups is 1. The second kappa shape index (κ2) is 5.78. The summed E-state index contributed by atoms with van der Waals surface area (Å²) in [6.07, 6.45) is 2.49. The maximum atomic E-state index is 12.4. The summed E-state index contributed by atoms with van der Waals surface area (Å²) < 4.78 is 11.8. The van der Waals surface area contributed by atoms with Crippen LogP contribution in [0, 0.1) is 6.92 Å². The summed E-state index contributed by atoms with van der Waals surface area (Å²) >= 11 is 1.89. The molecule has 0 saturated carbocycles. The summed E-state index contributed by atoms with van der Waals surface area (Å²) in [5, 5.41) is 0. The zero-order valence-electron chi connectivity index (χ0n) is 14.8. The molecule has 5 heteroatoms. The number of rotatable bonds is 0. The quantitative estimate of drug-likeness (QED) is 0.710. The van der Waals surface area contributed by atoms with Gasteiger partial charge in [0, 0.05) is 35.2 Å². The zero-order valence-corrected chi connectivity index (χ0v) is 15.6. The highest BCUT2D eigenvalue weighted by molar-refractivity contribution is 7.12. The van der Waals surface area contributed by atoms with E-state index in [0.29, 0.717) is 6.54 Å². The third-order valence-electron chi connectivity index (χ3n) is 4.67. The number of aryl methyl sites for hydroxylation is 1. The highest BCUT2D eigenvalue weighted by atomic mass is 32.1. The van der Waals surface area contributed by atoms with Crippen molar-refractivity contribution < 1.29 is 14.3 Å². The fourth-order valence-electron chi connectivity index (χ4n) is 3.73. The Bertz CT molecular complexity index is 604. The maximum Gasteiger partial charge on any atom is 0.410 e. The molecule has 128 valence electrons. The van der Waals surface area contributed by atoms with Crippen LogP contribution in [0.3, 0.4) is 0 Å². The molecule has 0 aliphatic carbocycles. The average Bonchev–Trinajstić information content (AvgIpc) is 2.79. The van der Waals surface area contributed by atoms with Crippen molar-refractivity contribution in [3.63, 3.8) is 0 Å². The molecule has 0 N–H and O–H groups in total. The van der Waals surface area contributed by atoms with Gasteiger partial charge in [-0.15, -0.1) is 11.3 Å². The van der Waals surface area contributed by atoms with Gasteiger partial charge in [0.15, 0.2) is 0 Å². The Morgan fingerprint density at radius 2 is 2.22 bits per heavy atom. The molecule has 0 radical (unpaired) electrons. The SMILES string of the molecule is Cc1cc2c(s1)CCO[C@]21CCN(C(=O)OC(C)(C)C)[C@@H](C)C1. The summed E-state index contributed by atoms with van der Waals surface area (Å²) in [5.41, 5.74) is 0.697. The van der Waals surface area contributed by atoms with E-state index in [9.17, 15) is 4.79 Å². The van der Waals surface area contributed by atoms with Gasteiger partial charge in [-0.2, -0.15) is 0 Å². The van der Waals surface area contributed by atoms with Gasteiger partial charge in [0.1, 0.15) is 5.60 Å². The van der Waals surface area contributed by atoms with Gasteiger partial charge < -0.3 is 14.4 Å². The summed E-state index contributed by atoms with van der Waals surface area (Å²) in [5.74, 6) is 0. The lowest BCUT2D eigenvalue weighted by molar-refractivity contribution is -0.110. The van der Waals surface area contributed by atoms with Gasteiger partial charge in [0.25, 0.3) is 0 Å². The molecule has 1 spiro atoms. The largest absolute Gasteiger partial charge is 0.444 e. The summed E-state index contributed by atoms with van der Waals surface area (Å²) in [4.78, 5) is 17.1. The first kappa shape index (κ1) is 16.8. The number of thiophene rings is 1. The van der Waals surface area contributed by atoms with Crippen molar-refractivity contribution in [3.05, 3.63) is 21.4 Å². The first-order valence-electron chi connectivity index (χ1n) is 8.44. The lowest BCUT2D eigenvalue weighted by atomic mass is 9.79. The minimum Gasteiger partial charge on any atom is -0.444 e. The number of hydrogen-bond donors (Lipinski definition) is 0. The number of fused-ring (bicyclic) bond motifs is 2. The van der Waals surface area contributed by atoms with Crippen LogP contribution in [0.1, 0.15) is 55.9 Å². The van der Waals surface area contributed by atoms with Crippen LogP contribution in [0.4, 0.5) is 4.79 Å². The topological polar surface area (TPSA) is 38.8 Å². The van der Waals surface area contributed by atoms with Crippen LogP contribution in [0.5, 0.6) is 0 Å². The van der Waals surface area contributed by atoms with Crippen molar-refractivity contribution in [2.75, 3.05) is 13.2 Å². The maximum absolute atomic E-state index is 12.4. The molecule has 1 amide bonds. The van der Waals surface area contributed by atoms with E-state index < -0.39 is 5.60 Å².